The Balaban J connectivity index is 2.66. The Morgan fingerprint density at radius 2 is 2.10 bits per heavy atom. The molecule has 4 heteroatoms. The molecule has 1 aliphatic heterocycles. The highest BCUT2D eigenvalue weighted by atomic mass is 16.5. The van der Waals surface area contributed by atoms with Crippen LogP contribution in [0.5, 0.6) is 0 Å². The van der Waals surface area contributed by atoms with Gasteiger partial charge in [0.15, 0.2) is 0 Å². The fourth-order valence-corrected chi connectivity index (χ4v) is 2.95. The van der Waals surface area contributed by atoms with Crippen LogP contribution in [0.2, 0.25) is 0 Å². The van der Waals surface area contributed by atoms with Crippen LogP contribution in [0.25, 0.3) is 0 Å². The Kier molecular flexibility index (Phi) is 6.96. The van der Waals surface area contributed by atoms with Crippen molar-refractivity contribution in [3.05, 3.63) is 0 Å². The van der Waals surface area contributed by atoms with E-state index in [1.807, 2.05) is 18.7 Å². The molecule has 3 atom stereocenters. The van der Waals surface area contributed by atoms with Crippen LogP contribution >= 0.6 is 0 Å². The molecule has 118 valence electrons. The molecule has 0 radical (unpaired) electrons. The third kappa shape index (κ3) is 3.95. The Bertz CT molecular complexity index is 303. The first-order chi connectivity index (χ1) is 9.52. The van der Waals surface area contributed by atoms with Gasteiger partial charge in [-0.2, -0.15) is 0 Å². The van der Waals surface area contributed by atoms with Crippen LogP contribution in [0, 0.1) is 5.92 Å². The number of amides is 1. The zero-order valence-corrected chi connectivity index (χ0v) is 13.9. The Labute approximate surface area is 124 Å². The highest BCUT2D eigenvalue weighted by Gasteiger charge is 2.38. The number of methoxy groups -OCH3 is 1. The number of hydrogen-bond donors (Lipinski definition) is 1. The minimum atomic E-state index is -0.665. The zero-order valence-electron chi connectivity index (χ0n) is 13.9. The lowest BCUT2D eigenvalue weighted by Crippen LogP contribution is -2.56. The minimum Gasteiger partial charge on any atom is -0.369 e. The van der Waals surface area contributed by atoms with Crippen LogP contribution in [0.4, 0.5) is 0 Å². The summed E-state index contributed by atoms with van der Waals surface area (Å²) in [5.41, 5.74) is -0.665. The molecule has 1 aliphatic rings. The average Bonchev–Trinajstić information content (AvgIpc) is 2.51. The summed E-state index contributed by atoms with van der Waals surface area (Å²) in [5, 5.41) is 3.63. The lowest BCUT2D eigenvalue weighted by atomic mass is 9.88. The second kappa shape index (κ2) is 7.99. The Morgan fingerprint density at radius 1 is 1.40 bits per heavy atom. The van der Waals surface area contributed by atoms with Crippen molar-refractivity contribution in [1.82, 2.24) is 10.2 Å². The molecule has 0 aromatic rings. The van der Waals surface area contributed by atoms with Gasteiger partial charge in [0.25, 0.3) is 5.91 Å². The van der Waals surface area contributed by atoms with Crippen molar-refractivity contribution in [1.29, 1.82) is 0 Å². The molecule has 0 bridgehead atoms. The molecule has 4 nitrogen and oxygen atoms in total. The maximum absolute atomic E-state index is 12.6. The summed E-state index contributed by atoms with van der Waals surface area (Å²) in [7, 11) is 1.63. The zero-order chi connectivity index (χ0) is 15.2. The first-order valence-corrected chi connectivity index (χ1v) is 8.10. The number of likely N-dealkylation sites (tertiary alicyclic amines) is 1. The monoisotopic (exact) mass is 284 g/mol. The first-order valence-electron chi connectivity index (χ1n) is 8.10. The van der Waals surface area contributed by atoms with Crippen molar-refractivity contribution in [2.45, 2.75) is 65.0 Å². The third-order valence-corrected chi connectivity index (χ3v) is 4.78. The van der Waals surface area contributed by atoms with E-state index in [1.165, 1.54) is 0 Å². The topological polar surface area (TPSA) is 41.6 Å². The van der Waals surface area contributed by atoms with Gasteiger partial charge in [0, 0.05) is 26.2 Å². The molecule has 1 heterocycles. The van der Waals surface area contributed by atoms with E-state index in [2.05, 4.69) is 19.2 Å². The quantitative estimate of drug-likeness (QED) is 0.780. The number of nitrogens with zero attached hydrogens (tertiary/aromatic N) is 1. The average molecular weight is 284 g/mol. The van der Waals surface area contributed by atoms with Gasteiger partial charge in [-0.25, -0.2) is 0 Å². The van der Waals surface area contributed by atoms with Gasteiger partial charge in [0.2, 0.25) is 0 Å². The molecule has 0 spiro atoms. The van der Waals surface area contributed by atoms with Gasteiger partial charge in [-0.3, -0.25) is 4.79 Å². The summed E-state index contributed by atoms with van der Waals surface area (Å²) in [6.07, 6.45) is 4.04. The number of piperidine rings is 1. The molecule has 0 saturated carbocycles. The van der Waals surface area contributed by atoms with Crippen molar-refractivity contribution in [3.8, 4) is 0 Å². The third-order valence-electron chi connectivity index (χ3n) is 4.78. The number of rotatable bonds is 7. The number of carbonyl (C=O) groups is 1. The number of nitrogens with one attached hydrogen (secondary N) is 1. The molecule has 0 aromatic carbocycles. The van der Waals surface area contributed by atoms with Gasteiger partial charge >= 0.3 is 0 Å². The van der Waals surface area contributed by atoms with E-state index in [4.69, 9.17) is 4.74 Å². The van der Waals surface area contributed by atoms with Gasteiger partial charge in [-0.05, 0) is 38.6 Å². The summed E-state index contributed by atoms with van der Waals surface area (Å²) in [5.74, 6) is 0.701. The highest BCUT2D eigenvalue weighted by molar-refractivity contribution is 5.85. The predicted molar refractivity (Wildman–Crippen MR) is 82.8 cm³/mol. The van der Waals surface area contributed by atoms with Crippen LogP contribution < -0.4 is 5.32 Å². The largest absolute Gasteiger partial charge is 0.369 e. The smallest absolute Gasteiger partial charge is 0.254 e. The first kappa shape index (κ1) is 17.4. The maximum atomic E-state index is 12.6. The lowest BCUT2D eigenvalue weighted by molar-refractivity contribution is -0.155. The fourth-order valence-electron chi connectivity index (χ4n) is 2.95. The molecule has 1 N–H and O–H groups in total. The summed E-state index contributed by atoms with van der Waals surface area (Å²) in [6.45, 7) is 11.1. The standard InChI is InChI=1S/C16H32N2O2/c1-6-10-17-14-9-11-18(12-13(14)7-2)15(19)16(4,8-3)20-5/h13-14,17H,6-12H2,1-5H3. The van der Waals surface area contributed by atoms with E-state index < -0.39 is 5.60 Å². The Hall–Kier alpha value is -0.610. The van der Waals surface area contributed by atoms with Crippen LogP contribution in [0.1, 0.15) is 53.4 Å². The molecule has 0 aliphatic carbocycles. The van der Waals surface area contributed by atoms with Gasteiger partial charge in [0.05, 0.1) is 0 Å². The van der Waals surface area contributed by atoms with Crippen LogP contribution in [0.15, 0.2) is 0 Å². The molecule has 1 rings (SSSR count). The van der Waals surface area contributed by atoms with E-state index >= 15 is 0 Å². The molecular formula is C16H32N2O2. The molecule has 1 amide bonds. The number of hydrogen-bond acceptors (Lipinski definition) is 3. The second-order valence-corrected chi connectivity index (χ2v) is 6.06. The van der Waals surface area contributed by atoms with Crippen molar-refractivity contribution < 1.29 is 9.53 Å². The van der Waals surface area contributed by atoms with Crippen molar-refractivity contribution in [2.75, 3.05) is 26.7 Å². The SMILES string of the molecule is CCCNC1CCN(C(=O)C(C)(CC)OC)CC1CC. The van der Waals surface area contributed by atoms with E-state index in [0.29, 0.717) is 18.4 Å². The normalized spacial score (nSPS) is 26.4. The van der Waals surface area contributed by atoms with Crippen LogP contribution in [-0.4, -0.2) is 49.2 Å². The fraction of sp³-hybridized carbons (Fsp3) is 0.938. The van der Waals surface area contributed by atoms with Gasteiger partial charge in [-0.1, -0.05) is 27.2 Å². The predicted octanol–water partition coefficient (Wildman–Crippen LogP) is 2.43. The molecule has 1 saturated heterocycles. The van der Waals surface area contributed by atoms with Gasteiger partial charge in [0.1, 0.15) is 5.60 Å². The van der Waals surface area contributed by atoms with Gasteiger partial charge in [-0.15, -0.1) is 0 Å². The van der Waals surface area contributed by atoms with Gasteiger partial charge < -0.3 is 15.0 Å². The highest BCUT2D eigenvalue weighted by Crippen LogP contribution is 2.25. The Morgan fingerprint density at radius 3 is 2.60 bits per heavy atom. The summed E-state index contributed by atoms with van der Waals surface area (Å²) in [6, 6.07) is 0.555. The lowest BCUT2D eigenvalue weighted by Gasteiger charge is -2.42. The molecule has 3 unspecified atom stereocenters. The van der Waals surface area contributed by atoms with Crippen LogP contribution in [0.3, 0.4) is 0 Å². The van der Waals surface area contributed by atoms with E-state index in [1.54, 1.807) is 7.11 Å². The molecule has 20 heavy (non-hydrogen) atoms. The van der Waals surface area contributed by atoms with Crippen molar-refractivity contribution in [2.24, 2.45) is 5.92 Å². The molecular weight excluding hydrogens is 252 g/mol. The molecule has 0 aromatic heterocycles. The van der Waals surface area contributed by atoms with E-state index in [-0.39, 0.29) is 5.91 Å². The minimum absolute atomic E-state index is 0.148. The number of ether oxygens (including phenoxy) is 1. The summed E-state index contributed by atoms with van der Waals surface area (Å²) < 4.78 is 5.46. The maximum Gasteiger partial charge on any atom is 0.254 e. The number of carbonyl (C=O) groups excluding carboxylic acids is 1. The summed E-state index contributed by atoms with van der Waals surface area (Å²) >= 11 is 0. The van der Waals surface area contributed by atoms with Crippen LogP contribution in [-0.2, 0) is 9.53 Å². The van der Waals surface area contributed by atoms with Crippen molar-refractivity contribution in [3.63, 3.8) is 0 Å². The van der Waals surface area contributed by atoms with E-state index in [9.17, 15) is 4.79 Å². The van der Waals surface area contributed by atoms with Crippen molar-refractivity contribution >= 4 is 5.91 Å². The van der Waals surface area contributed by atoms with E-state index in [0.717, 1.165) is 38.9 Å². The molecule has 1 fully saturated rings. The second-order valence-electron chi connectivity index (χ2n) is 6.06. The summed E-state index contributed by atoms with van der Waals surface area (Å²) in [4.78, 5) is 14.7.